The highest BCUT2D eigenvalue weighted by atomic mass is 35.5. The van der Waals surface area contributed by atoms with Crippen molar-refractivity contribution in [3.8, 4) is 5.75 Å². The molecule has 0 radical (unpaired) electrons. The molecule has 1 aromatic heterocycles. The molecule has 0 aliphatic heterocycles. The second kappa shape index (κ2) is 9.38. The second-order valence-electron chi connectivity index (χ2n) is 7.34. The van der Waals surface area contributed by atoms with Crippen molar-refractivity contribution in [1.29, 1.82) is 0 Å². The maximum Gasteiger partial charge on any atom is 0.262 e. The number of ether oxygens (including phenoxy) is 1. The Bertz CT molecular complexity index is 1460. The number of amides is 1. The molecular weight excluding hydrogens is 497 g/mol. The first kappa shape index (κ1) is 24.2. The largest absolute Gasteiger partial charge is 0.477 e. The average molecular weight is 510 g/mol. The second-order valence-corrected chi connectivity index (χ2v) is 7.78. The fourth-order valence-corrected chi connectivity index (χ4v) is 3.42. The molecule has 4 rings (SSSR count). The Morgan fingerprint density at radius 3 is 2.14 bits per heavy atom. The van der Waals surface area contributed by atoms with Crippen molar-refractivity contribution in [3.05, 3.63) is 93.5 Å². The van der Waals surface area contributed by atoms with E-state index in [-0.39, 0.29) is 17.2 Å². The third-order valence-corrected chi connectivity index (χ3v) is 5.30. The van der Waals surface area contributed by atoms with E-state index in [1.807, 2.05) is 0 Å². The monoisotopic (exact) mass is 509 g/mol. The molecule has 0 fully saturated rings. The molecule has 1 amide bonds. The van der Waals surface area contributed by atoms with E-state index in [2.05, 4.69) is 10.1 Å². The summed E-state index contributed by atoms with van der Waals surface area (Å²) in [6, 6.07) is 10.6. The first-order chi connectivity index (χ1) is 16.6. The zero-order valence-corrected chi connectivity index (χ0v) is 18.4. The fraction of sp³-hybridized carbons (Fsp3) is 0.0833. The molecule has 0 spiro atoms. The summed E-state index contributed by atoms with van der Waals surface area (Å²) in [5, 5.41) is 3.34. The van der Waals surface area contributed by atoms with Crippen LogP contribution in [-0.2, 0) is 4.79 Å². The average Bonchev–Trinajstić information content (AvgIpc) is 3.17. The molecule has 3 aromatic carbocycles. The quantitative estimate of drug-likeness (QED) is 0.143. The number of ketones is 1. The number of hydrogen-bond donors (Lipinski definition) is 1. The van der Waals surface area contributed by atoms with Crippen LogP contribution in [0.2, 0.25) is 5.02 Å². The van der Waals surface area contributed by atoms with E-state index in [9.17, 15) is 31.5 Å². The zero-order chi connectivity index (χ0) is 25.4. The van der Waals surface area contributed by atoms with Crippen molar-refractivity contribution in [2.45, 2.75) is 6.92 Å². The van der Waals surface area contributed by atoms with Gasteiger partial charge in [0, 0.05) is 27.2 Å². The van der Waals surface area contributed by atoms with E-state index >= 15 is 0 Å². The van der Waals surface area contributed by atoms with Crippen molar-refractivity contribution in [3.63, 3.8) is 0 Å². The van der Waals surface area contributed by atoms with Gasteiger partial charge in [-0.25, -0.2) is 13.2 Å². The van der Waals surface area contributed by atoms with Gasteiger partial charge in [0.2, 0.25) is 34.9 Å². The van der Waals surface area contributed by atoms with Gasteiger partial charge in [-0.1, -0.05) is 11.6 Å². The predicted octanol–water partition coefficient (Wildman–Crippen LogP) is 6.34. The Morgan fingerprint density at radius 2 is 1.51 bits per heavy atom. The van der Waals surface area contributed by atoms with Crippen molar-refractivity contribution >= 4 is 39.9 Å². The highest BCUT2D eigenvalue weighted by Gasteiger charge is 2.27. The number of furan rings is 1. The number of hydrogen-bond acceptors (Lipinski definition) is 4. The molecule has 1 N–H and O–H groups in total. The van der Waals surface area contributed by atoms with Crippen molar-refractivity contribution < 1.29 is 40.7 Å². The molecule has 35 heavy (non-hydrogen) atoms. The number of anilines is 1. The van der Waals surface area contributed by atoms with E-state index in [4.69, 9.17) is 16.0 Å². The van der Waals surface area contributed by atoms with E-state index in [1.165, 1.54) is 18.2 Å². The summed E-state index contributed by atoms with van der Waals surface area (Å²) >= 11 is 5.85. The van der Waals surface area contributed by atoms with Gasteiger partial charge in [0.15, 0.2) is 18.1 Å². The summed E-state index contributed by atoms with van der Waals surface area (Å²) in [4.78, 5) is 25.0. The van der Waals surface area contributed by atoms with Gasteiger partial charge in [0.05, 0.1) is 0 Å². The first-order valence-corrected chi connectivity index (χ1v) is 10.2. The molecular formula is C24H13ClF5NO4. The summed E-state index contributed by atoms with van der Waals surface area (Å²) in [7, 11) is 0. The normalized spacial score (nSPS) is 11.1. The Kier molecular flexibility index (Phi) is 6.49. The van der Waals surface area contributed by atoms with Crippen LogP contribution in [0.15, 0.2) is 46.9 Å². The lowest BCUT2D eigenvalue weighted by atomic mass is 10.0. The van der Waals surface area contributed by atoms with E-state index in [0.717, 1.165) is 0 Å². The summed E-state index contributed by atoms with van der Waals surface area (Å²) < 4.78 is 77.2. The number of fused-ring (bicyclic) bond motifs is 1. The zero-order valence-electron chi connectivity index (χ0n) is 17.6. The van der Waals surface area contributed by atoms with Gasteiger partial charge >= 0.3 is 0 Å². The van der Waals surface area contributed by atoms with Crippen LogP contribution in [0.5, 0.6) is 5.75 Å². The molecule has 5 nitrogen and oxygen atoms in total. The highest BCUT2D eigenvalue weighted by molar-refractivity contribution is 6.30. The first-order valence-electron chi connectivity index (χ1n) is 9.86. The highest BCUT2D eigenvalue weighted by Crippen LogP contribution is 2.31. The molecule has 4 aromatic rings. The molecule has 180 valence electrons. The van der Waals surface area contributed by atoms with E-state index in [1.54, 1.807) is 31.2 Å². The third kappa shape index (κ3) is 4.57. The Balaban J connectivity index is 1.51. The lowest BCUT2D eigenvalue weighted by Crippen LogP contribution is -2.21. The molecule has 0 unspecified atom stereocenters. The molecule has 1 heterocycles. The van der Waals surface area contributed by atoms with E-state index < -0.39 is 47.3 Å². The van der Waals surface area contributed by atoms with Gasteiger partial charge in [-0.2, -0.15) is 8.78 Å². The van der Waals surface area contributed by atoms with Gasteiger partial charge in [-0.15, -0.1) is 0 Å². The van der Waals surface area contributed by atoms with Crippen molar-refractivity contribution in [1.82, 2.24) is 0 Å². The summed E-state index contributed by atoms with van der Waals surface area (Å²) in [6.45, 7) is 0.605. The molecule has 0 bridgehead atoms. The van der Waals surface area contributed by atoms with Crippen LogP contribution < -0.4 is 10.1 Å². The number of nitrogens with one attached hydrogen (secondary N) is 1. The van der Waals surface area contributed by atoms with Crippen LogP contribution >= 0.6 is 11.6 Å². The molecule has 0 saturated heterocycles. The molecule has 0 aliphatic carbocycles. The minimum absolute atomic E-state index is 0.0837. The van der Waals surface area contributed by atoms with Crippen LogP contribution in [0.4, 0.5) is 27.6 Å². The SMILES string of the molecule is Cc1c(C(=O)c2ccc(Cl)cc2)oc2ccc(NC(=O)COc3c(F)c(F)c(F)c(F)c3F)cc12. The van der Waals surface area contributed by atoms with Gasteiger partial charge in [0.1, 0.15) is 5.58 Å². The van der Waals surface area contributed by atoms with Crippen molar-refractivity contribution in [2.75, 3.05) is 11.9 Å². The summed E-state index contributed by atoms with van der Waals surface area (Å²) in [5.74, 6) is -13.9. The number of benzene rings is 3. The van der Waals surface area contributed by atoms with Gasteiger partial charge in [-0.3, -0.25) is 9.59 Å². The lowest BCUT2D eigenvalue weighted by Gasteiger charge is -2.10. The van der Waals surface area contributed by atoms with E-state index in [0.29, 0.717) is 27.1 Å². The van der Waals surface area contributed by atoms with Crippen LogP contribution in [0.25, 0.3) is 11.0 Å². The standard InChI is InChI=1S/C24H13ClF5NO4/c1-10-14-8-13(6-7-15(14)35-23(10)22(33)11-2-4-12(25)5-3-11)31-16(32)9-34-24-20(29)18(27)17(26)19(28)21(24)30/h2-8H,9H2,1H3,(H,31,32). The number of aryl methyl sites for hydroxylation is 1. The molecule has 0 aliphatic rings. The summed E-state index contributed by atoms with van der Waals surface area (Å²) in [6.07, 6.45) is 0. The predicted molar refractivity (Wildman–Crippen MR) is 116 cm³/mol. The third-order valence-electron chi connectivity index (χ3n) is 5.05. The smallest absolute Gasteiger partial charge is 0.262 e. The minimum Gasteiger partial charge on any atom is -0.477 e. The number of halogens is 6. The molecule has 0 atom stereocenters. The van der Waals surface area contributed by atoms with Gasteiger partial charge in [0.25, 0.3) is 5.91 Å². The number of carbonyl (C=O) groups is 2. The Hall–Kier alpha value is -3.92. The maximum absolute atomic E-state index is 13.7. The van der Waals surface area contributed by atoms with Crippen LogP contribution in [0.1, 0.15) is 21.7 Å². The Labute approximate surface area is 199 Å². The van der Waals surface area contributed by atoms with Crippen LogP contribution in [0, 0.1) is 36.0 Å². The number of rotatable bonds is 6. The molecule has 11 heteroatoms. The number of carbonyl (C=O) groups excluding carboxylic acids is 2. The molecule has 0 saturated carbocycles. The Morgan fingerprint density at radius 1 is 0.914 bits per heavy atom. The van der Waals surface area contributed by atoms with Crippen LogP contribution in [-0.4, -0.2) is 18.3 Å². The summed E-state index contributed by atoms with van der Waals surface area (Å²) in [5.41, 5.74) is 1.41. The van der Waals surface area contributed by atoms with Gasteiger partial charge in [-0.05, 0) is 49.4 Å². The van der Waals surface area contributed by atoms with Crippen LogP contribution in [0.3, 0.4) is 0 Å². The van der Waals surface area contributed by atoms with Crippen molar-refractivity contribution in [2.24, 2.45) is 0 Å². The van der Waals surface area contributed by atoms with Gasteiger partial charge < -0.3 is 14.5 Å². The minimum atomic E-state index is -2.34. The lowest BCUT2D eigenvalue weighted by molar-refractivity contribution is -0.118. The fourth-order valence-electron chi connectivity index (χ4n) is 3.29. The topological polar surface area (TPSA) is 68.5 Å². The maximum atomic E-state index is 13.7.